The zero-order chi connectivity index (χ0) is 15.4. The molecule has 0 aromatic heterocycles. The molecule has 7 heteroatoms. The Balaban J connectivity index is 1.90. The summed E-state index contributed by atoms with van der Waals surface area (Å²) in [5.41, 5.74) is 5.26. The van der Waals surface area contributed by atoms with Gasteiger partial charge in [-0.05, 0) is 25.0 Å². The smallest absolute Gasteiger partial charge is 0.232 e. The van der Waals surface area contributed by atoms with Gasteiger partial charge in [0.15, 0.2) is 0 Å². The Hall–Kier alpha value is -1.63. The van der Waals surface area contributed by atoms with E-state index in [9.17, 15) is 18.4 Å². The van der Waals surface area contributed by atoms with Crippen LogP contribution in [0.25, 0.3) is 0 Å². The first-order valence-corrected chi connectivity index (χ1v) is 7.61. The first kappa shape index (κ1) is 15.8. The number of thioether (sulfide) groups is 1. The fourth-order valence-electron chi connectivity index (χ4n) is 2.26. The number of rotatable bonds is 4. The number of piperidine rings is 1. The Morgan fingerprint density at radius 3 is 2.81 bits per heavy atom. The molecule has 2 N–H and O–H groups in total. The summed E-state index contributed by atoms with van der Waals surface area (Å²) in [4.78, 5) is 25.1. The normalized spacial score (nSPS) is 18.6. The molecular formula is C14H16F2N2O2S. The Morgan fingerprint density at radius 2 is 2.14 bits per heavy atom. The van der Waals surface area contributed by atoms with Gasteiger partial charge in [0, 0.05) is 24.1 Å². The van der Waals surface area contributed by atoms with Gasteiger partial charge in [0.25, 0.3) is 0 Å². The summed E-state index contributed by atoms with van der Waals surface area (Å²) in [5, 5.41) is 0. The highest BCUT2D eigenvalue weighted by atomic mass is 32.2. The molecule has 0 spiro atoms. The Morgan fingerprint density at radius 1 is 1.38 bits per heavy atom. The van der Waals surface area contributed by atoms with Crippen LogP contribution >= 0.6 is 11.8 Å². The van der Waals surface area contributed by atoms with E-state index in [0.29, 0.717) is 19.5 Å². The van der Waals surface area contributed by atoms with Crippen LogP contribution in [0.3, 0.4) is 0 Å². The minimum Gasteiger partial charge on any atom is -0.369 e. The largest absolute Gasteiger partial charge is 0.369 e. The lowest BCUT2D eigenvalue weighted by Crippen LogP contribution is -2.44. The van der Waals surface area contributed by atoms with Crippen molar-refractivity contribution in [1.82, 2.24) is 4.90 Å². The Kier molecular flexibility index (Phi) is 5.17. The highest BCUT2D eigenvalue weighted by Crippen LogP contribution is 2.24. The van der Waals surface area contributed by atoms with Crippen molar-refractivity contribution < 1.29 is 18.4 Å². The summed E-state index contributed by atoms with van der Waals surface area (Å²) >= 11 is 1.02. The fourth-order valence-corrected chi connectivity index (χ4v) is 3.08. The molecule has 0 aliphatic carbocycles. The van der Waals surface area contributed by atoms with E-state index >= 15 is 0 Å². The molecule has 0 radical (unpaired) electrons. The second kappa shape index (κ2) is 6.89. The lowest BCUT2D eigenvalue weighted by molar-refractivity contribution is -0.132. The summed E-state index contributed by atoms with van der Waals surface area (Å²) in [5.74, 6) is -2.16. The average Bonchev–Trinajstić information content (AvgIpc) is 2.46. The van der Waals surface area contributed by atoms with E-state index in [2.05, 4.69) is 0 Å². The molecule has 2 amide bonds. The lowest BCUT2D eigenvalue weighted by Gasteiger charge is -2.31. The lowest BCUT2D eigenvalue weighted by atomic mass is 9.97. The molecule has 114 valence electrons. The van der Waals surface area contributed by atoms with Crippen LogP contribution < -0.4 is 5.73 Å². The molecule has 1 heterocycles. The number of nitrogens with two attached hydrogens (primary N) is 1. The summed E-state index contributed by atoms with van der Waals surface area (Å²) in [6.45, 7) is 0.899. The highest BCUT2D eigenvalue weighted by Gasteiger charge is 2.26. The first-order valence-electron chi connectivity index (χ1n) is 6.62. The number of carbonyl (C=O) groups is 2. The predicted molar refractivity (Wildman–Crippen MR) is 75.6 cm³/mol. The number of hydrogen-bond acceptors (Lipinski definition) is 3. The van der Waals surface area contributed by atoms with Gasteiger partial charge in [0.2, 0.25) is 11.8 Å². The van der Waals surface area contributed by atoms with Crippen LogP contribution in [0.15, 0.2) is 23.1 Å². The maximum atomic E-state index is 13.5. The van der Waals surface area contributed by atoms with Crippen LogP contribution in [0.4, 0.5) is 8.78 Å². The summed E-state index contributed by atoms with van der Waals surface area (Å²) in [7, 11) is 0. The van der Waals surface area contributed by atoms with E-state index in [-0.39, 0.29) is 22.5 Å². The molecule has 21 heavy (non-hydrogen) atoms. The van der Waals surface area contributed by atoms with Crippen LogP contribution in [-0.2, 0) is 9.59 Å². The molecule has 1 aliphatic rings. The quantitative estimate of drug-likeness (QED) is 0.862. The molecule has 4 nitrogen and oxygen atoms in total. The van der Waals surface area contributed by atoms with Gasteiger partial charge in [-0.1, -0.05) is 0 Å². The highest BCUT2D eigenvalue weighted by molar-refractivity contribution is 8.00. The molecule has 1 aliphatic heterocycles. The minimum atomic E-state index is -0.679. The Labute approximate surface area is 125 Å². The third kappa shape index (κ3) is 4.17. The van der Waals surface area contributed by atoms with E-state index in [1.807, 2.05) is 0 Å². The molecule has 1 atom stereocenters. The van der Waals surface area contributed by atoms with Crippen LogP contribution in [0, 0.1) is 17.6 Å². The number of primary amides is 1. The second-order valence-electron chi connectivity index (χ2n) is 4.94. The number of hydrogen-bond donors (Lipinski definition) is 1. The van der Waals surface area contributed by atoms with Gasteiger partial charge in [-0.2, -0.15) is 0 Å². The third-order valence-corrected chi connectivity index (χ3v) is 4.45. The Bertz CT molecular complexity index is 554. The van der Waals surface area contributed by atoms with Gasteiger partial charge in [-0.3, -0.25) is 9.59 Å². The van der Waals surface area contributed by atoms with E-state index in [0.717, 1.165) is 30.3 Å². The third-order valence-electron chi connectivity index (χ3n) is 3.42. The van der Waals surface area contributed by atoms with Crippen LogP contribution in [0.1, 0.15) is 12.8 Å². The van der Waals surface area contributed by atoms with E-state index < -0.39 is 17.5 Å². The van der Waals surface area contributed by atoms with Gasteiger partial charge in [0.05, 0.1) is 11.7 Å². The fraction of sp³-hybridized carbons (Fsp3) is 0.429. The first-order chi connectivity index (χ1) is 9.97. The van der Waals surface area contributed by atoms with Gasteiger partial charge in [-0.25, -0.2) is 8.78 Å². The standard InChI is InChI=1S/C14H16F2N2O2S/c15-10-3-4-12(11(16)6-10)21-8-13(19)18-5-1-2-9(7-18)14(17)20/h3-4,6,9H,1-2,5,7-8H2,(H2,17,20)/t9-/m1/s1. The number of nitrogens with zero attached hydrogens (tertiary/aromatic N) is 1. The van der Waals surface area contributed by atoms with Crippen LogP contribution in [0.5, 0.6) is 0 Å². The SMILES string of the molecule is NC(=O)[C@@H]1CCCN(C(=O)CSc2ccc(F)cc2F)C1. The van der Waals surface area contributed by atoms with Crippen molar-refractivity contribution in [2.45, 2.75) is 17.7 Å². The maximum absolute atomic E-state index is 13.5. The molecule has 2 rings (SSSR count). The van der Waals surface area contributed by atoms with E-state index in [1.54, 1.807) is 4.90 Å². The minimum absolute atomic E-state index is 0.0496. The van der Waals surface area contributed by atoms with Crippen LogP contribution in [-0.4, -0.2) is 35.6 Å². The molecule has 0 saturated carbocycles. The summed E-state index contributed by atoms with van der Waals surface area (Å²) in [6, 6.07) is 3.25. The zero-order valence-corrected chi connectivity index (χ0v) is 12.2. The van der Waals surface area contributed by atoms with Gasteiger partial charge in [-0.15, -0.1) is 11.8 Å². The van der Waals surface area contributed by atoms with E-state index in [4.69, 9.17) is 5.73 Å². The van der Waals surface area contributed by atoms with Crippen molar-refractivity contribution in [3.8, 4) is 0 Å². The van der Waals surface area contributed by atoms with Gasteiger partial charge in [0.1, 0.15) is 11.6 Å². The molecule has 1 aromatic carbocycles. The monoisotopic (exact) mass is 314 g/mol. The molecule has 0 unspecified atom stereocenters. The summed E-state index contributed by atoms with van der Waals surface area (Å²) in [6.07, 6.45) is 1.42. The number of benzene rings is 1. The van der Waals surface area contributed by atoms with Crippen molar-refractivity contribution in [2.24, 2.45) is 11.7 Å². The topological polar surface area (TPSA) is 63.4 Å². The maximum Gasteiger partial charge on any atom is 0.232 e. The van der Waals surface area contributed by atoms with Crippen molar-refractivity contribution in [2.75, 3.05) is 18.8 Å². The van der Waals surface area contributed by atoms with Gasteiger partial charge < -0.3 is 10.6 Å². The average molecular weight is 314 g/mol. The van der Waals surface area contributed by atoms with Crippen molar-refractivity contribution in [1.29, 1.82) is 0 Å². The van der Waals surface area contributed by atoms with Gasteiger partial charge >= 0.3 is 0 Å². The number of halogens is 2. The number of amides is 2. The molecular weight excluding hydrogens is 298 g/mol. The van der Waals surface area contributed by atoms with Crippen molar-refractivity contribution >= 4 is 23.6 Å². The zero-order valence-electron chi connectivity index (χ0n) is 11.4. The number of likely N-dealkylation sites (tertiary alicyclic amines) is 1. The second-order valence-corrected chi connectivity index (χ2v) is 5.96. The number of carbonyl (C=O) groups excluding carboxylic acids is 2. The van der Waals surface area contributed by atoms with Crippen molar-refractivity contribution in [3.63, 3.8) is 0 Å². The van der Waals surface area contributed by atoms with E-state index in [1.165, 1.54) is 6.07 Å². The molecule has 1 fully saturated rings. The predicted octanol–water partition coefficient (Wildman–Crippen LogP) is 1.78. The molecule has 0 bridgehead atoms. The van der Waals surface area contributed by atoms with Crippen molar-refractivity contribution in [3.05, 3.63) is 29.8 Å². The molecule has 1 aromatic rings. The summed E-state index contributed by atoms with van der Waals surface area (Å²) < 4.78 is 26.3. The molecule has 1 saturated heterocycles. The van der Waals surface area contributed by atoms with Crippen LogP contribution in [0.2, 0.25) is 0 Å².